The van der Waals surface area contributed by atoms with Crippen LogP contribution in [0.25, 0.3) is 0 Å². The first-order valence-electron chi connectivity index (χ1n) is 6.69. The predicted molar refractivity (Wildman–Crippen MR) is 76.6 cm³/mol. The van der Waals surface area contributed by atoms with Crippen molar-refractivity contribution in [2.45, 2.75) is 38.5 Å². The van der Waals surface area contributed by atoms with Crippen molar-refractivity contribution in [2.75, 3.05) is 0 Å². The highest BCUT2D eigenvalue weighted by Crippen LogP contribution is 2.32. The molecular weight excluding hydrogens is 218 g/mol. The van der Waals surface area contributed by atoms with Crippen molar-refractivity contribution in [1.29, 1.82) is 0 Å². The van der Waals surface area contributed by atoms with Gasteiger partial charge in [0.2, 0.25) is 0 Å². The number of hydrogen-bond donors (Lipinski definition) is 0. The van der Waals surface area contributed by atoms with E-state index in [-0.39, 0.29) is 5.41 Å². The van der Waals surface area contributed by atoms with Crippen LogP contribution in [0.3, 0.4) is 0 Å². The first-order chi connectivity index (χ1) is 8.74. The van der Waals surface area contributed by atoms with Crippen molar-refractivity contribution in [3.05, 3.63) is 66.0 Å². The minimum atomic E-state index is 0.207. The van der Waals surface area contributed by atoms with Crippen LogP contribution in [0.1, 0.15) is 37.8 Å². The van der Waals surface area contributed by atoms with E-state index in [1.807, 2.05) is 12.4 Å². The number of pyridine rings is 1. The summed E-state index contributed by atoms with van der Waals surface area (Å²) >= 11 is 0. The minimum absolute atomic E-state index is 0.207. The maximum Gasteiger partial charge on any atom is 0.0270 e. The minimum Gasteiger partial charge on any atom is -0.265 e. The molecule has 0 aliphatic heterocycles. The van der Waals surface area contributed by atoms with Crippen molar-refractivity contribution >= 4 is 0 Å². The normalized spacial score (nSPS) is 14.1. The summed E-state index contributed by atoms with van der Waals surface area (Å²) in [5.41, 5.74) is 3.01. The van der Waals surface area contributed by atoms with E-state index in [4.69, 9.17) is 0 Å². The lowest BCUT2D eigenvalue weighted by atomic mass is 9.74. The molecule has 0 fully saturated rings. The number of hydrogen-bond acceptors (Lipinski definition) is 1. The highest BCUT2D eigenvalue weighted by Gasteiger charge is 2.25. The van der Waals surface area contributed by atoms with Gasteiger partial charge in [-0.05, 0) is 41.5 Å². The molecule has 0 radical (unpaired) electrons. The van der Waals surface area contributed by atoms with Crippen molar-refractivity contribution in [2.24, 2.45) is 0 Å². The van der Waals surface area contributed by atoms with Gasteiger partial charge in [0, 0.05) is 12.4 Å². The van der Waals surface area contributed by atoms with E-state index < -0.39 is 0 Å². The molecule has 1 heterocycles. The lowest BCUT2D eigenvalue weighted by Crippen LogP contribution is -2.24. The predicted octanol–water partition coefficient (Wildman–Crippen LogP) is 4.38. The van der Waals surface area contributed by atoms with Crippen LogP contribution >= 0.6 is 0 Å². The third-order valence-corrected chi connectivity index (χ3v) is 3.62. The number of nitrogens with zero attached hydrogens (tertiary/aromatic N) is 1. The molecule has 1 unspecified atom stereocenters. The second-order valence-corrected chi connectivity index (χ2v) is 5.21. The summed E-state index contributed by atoms with van der Waals surface area (Å²) in [4.78, 5) is 4.13. The molecule has 0 aliphatic carbocycles. The van der Waals surface area contributed by atoms with Gasteiger partial charge in [0.15, 0.2) is 0 Å². The number of aromatic nitrogens is 1. The Morgan fingerprint density at radius 2 is 1.67 bits per heavy atom. The van der Waals surface area contributed by atoms with Gasteiger partial charge in [0.1, 0.15) is 0 Å². The molecule has 0 amide bonds. The highest BCUT2D eigenvalue weighted by atomic mass is 14.6. The van der Waals surface area contributed by atoms with Crippen molar-refractivity contribution < 1.29 is 0 Å². The van der Waals surface area contributed by atoms with Gasteiger partial charge in [0.05, 0.1) is 0 Å². The van der Waals surface area contributed by atoms with Crippen LogP contribution in [0.15, 0.2) is 54.9 Å². The summed E-state index contributed by atoms with van der Waals surface area (Å²) in [6.45, 7) is 4.61. The first kappa shape index (κ1) is 12.8. The quantitative estimate of drug-likeness (QED) is 0.754. The molecule has 18 heavy (non-hydrogen) atoms. The molecule has 2 aromatic rings. The van der Waals surface area contributed by atoms with Crippen LogP contribution < -0.4 is 0 Å². The number of benzene rings is 1. The van der Waals surface area contributed by atoms with E-state index >= 15 is 0 Å². The third kappa shape index (κ3) is 2.98. The molecule has 1 aromatic carbocycles. The Labute approximate surface area is 110 Å². The molecule has 0 spiro atoms. The average molecular weight is 239 g/mol. The summed E-state index contributed by atoms with van der Waals surface area (Å²) in [6, 6.07) is 15.1. The Morgan fingerprint density at radius 1 is 1.00 bits per heavy atom. The SMILES string of the molecule is CCCC(C)(Cc1ccccc1)c1ccncc1. The van der Waals surface area contributed by atoms with Gasteiger partial charge < -0.3 is 0 Å². The van der Waals surface area contributed by atoms with E-state index in [0.29, 0.717) is 0 Å². The molecule has 1 aromatic heterocycles. The molecule has 1 atom stereocenters. The molecule has 1 heteroatoms. The van der Waals surface area contributed by atoms with E-state index in [9.17, 15) is 0 Å². The summed E-state index contributed by atoms with van der Waals surface area (Å²) in [7, 11) is 0. The van der Waals surface area contributed by atoms with Gasteiger partial charge in [-0.25, -0.2) is 0 Å². The molecule has 94 valence electrons. The van der Waals surface area contributed by atoms with E-state index in [1.165, 1.54) is 24.0 Å². The molecule has 1 nitrogen and oxygen atoms in total. The van der Waals surface area contributed by atoms with Gasteiger partial charge in [0.25, 0.3) is 0 Å². The van der Waals surface area contributed by atoms with Gasteiger partial charge in [-0.15, -0.1) is 0 Å². The smallest absolute Gasteiger partial charge is 0.0270 e. The van der Waals surface area contributed by atoms with E-state index in [0.717, 1.165) is 6.42 Å². The summed E-state index contributed by atoms with van der Waals surface area (Å²) < 4.78 is 0. The van der Waals surface area contributed by atoms with E-state index in [1.54, 1.807) is 0 Å². The Bertz CT molecular complexity index is 463. The maximum absolute atomic E-state index is 4.13. The highest BCUT2D eigenvalue weighted by molar-refractivity contribution is 5.27. The van der Waals surface area contributed by atoms with Crippen LogP contribution in [0, 0.1) is 0 Å². The summed E-state index contributed by atoms with van der Waals surface area (Å²) in [5, 5.41) is 0. The van der Waals surface area contributed by atoms with Crippen molar-refractivity contribution in [1.82, 2.24) is 4.98 Å². The fourth-order valence-corrected chi connectivity index (χ4v) is 2.69. The Hall–Kier alpha value is -1.63. The van der Waals surface area contributed by atoms with Crippen LogP contribution in [0.4, 0.5) is 0 Å². The molecule has 0 saturated heterocycles. The second-order valence-electron chi connectivity index (χ2n) is 5.21. The third-order valence-electron chi connectivity index (χ3n) is 3.62. The van der Waals surface area contributed by atoms with E-state index in [2.05, 4.69) is 61.3 Å². The molecule has 2 rings (SSSR count). The average Bonchev–Trinajstić information content (AvgIpc) is 2.41. The molecule has 0 N–H and O–H groups in total. The maximum atomic E-state index is 4.13. The summed E-state index contributed by atoms with van der Waals surface area (Å²) in [6.07, 6.45) is 7.28. The van der Waals surface area contributed by atoms with Gasteiger partial charge in [-0.1, -0.05) is 50.6 Å². The first-order valence-corrected chi connectivity index (χ1v) is 6.69. The van der Waals surface area contributed by atoms with Gasteiger partial charge in [-0.3, -0.25) is 4.98 Å². The van der Waals surface area contributed by atoms with Crippen molar-refractivity contribution in [3.63, 3.8) is 0 Å². The molecule has 0 saturated carbocycles. The van der Waals surface area contributed by atoms with Crippen LogP contribution in [-0.4, -0.2) is 4.98 Å². The monoisotopic (exact) mass is 239 g/mol. The molecule has 0 aliphatic rings. The summed E-state index contributed by atoms with van der Waals surface area (Å²) in [5.74, 6) is 0. The fraction of sp³-hybridized carbons (Fsp3) is 0.353. The zero-order valence-electron chi connectivity index (χ0n) is 11.3. The van der Waals surface area contributed by atoms with Crippen LogP contribution in [0.2, 0.25) is 0 Å². The van der Waals surface area contributed by atoms with Crippen LogP contribution in [-0.2, 0) is 11.8 Å². The Balaban J connectivity index is 2.27. The molecular formula is C17H21N. The zero-order chi connectivity index (χ0) is 12.8. The lowest BCUT2D eigenvalue weighted by Gasteiger charge is -2.30. The largest absolute Gasteiger partial charge is 0.265 e. The topological polar surface area (TPSA) is 12.9 Å². The van der Waals surface area contributed by atoms with Gasteiger partial charge in [-0.2, -0.15) is 0 Å². The van der Waals surface area contributed by atoms with Crippen LogP contribution in [0.5, 0.6) is 0 Å². The standard InChI is InChI=1S/C17H21N/c1-3-11-17(2,16-9-12-18-13-10-16)14-15-7-5-4-6-8-15/h4-10,12-13H,3,11,14H2,1-2H3. The molecule has 0 bridgehead atoms. The Morgan fingerprint density at radius 3 is 2.28 bits per heavy atom. The number of rotatable bonds is 5. The Kier molecular flexibility index (Phi) is 4.14. The second kappa shape index (κ2) is 5.81. The van der Waals surface area contributed by atoms with Crippen molar-refractivity contribution in [3.8, 4) is 0 Å². The zero-order valence-corrected chi connectivity index (χ0v) is 11.3. The van der Waals surface area contributed by atoms with Gasteiger partial charge >= 0.3 is 0 Å². The lowest BCUT2D eigenvalue weighted by molar-refractivity contribution is 0.425. The fourth-order valence-electron chi connectivity index (χ4n) is 2.69.